The van der Waals surface area contributed by atoms with Gasteiger partial charge >= 0.3 is 0 Å². The first-order valence-corrected chi connectivity index (χ1v) is 12.1. The molecule has 0 spiro atoms. The average molecular weight is 503 g/mol. The summed E-state index contributed by atoms with van der Waals surface area (Å²) in [6.45, 7) is 0.203. The normalized spacial score (nSPS) is 18.2. The lowest BCUT2D eigenvalue weighted by Crippen LogP contribution is -2.29. The van der Waals surface area contributed by atoms with E-state index < -0.39 is 28.5 Å². The van der Waals surface area contributed by atoms with E-state index in [2.05, 4.69) is 19.6 Å². The third-order valence-corrected chi connectivity index (χ3v) is 7.61. The van der Waals surface area contributed by atoms with Gasteiger partial charge in [0.05, 0.1) is 10.9 Å². The lowest BCUT2D eigenvalue weighted by atomic mass is 9.93. The number of fused-ring (bicyclic) bond motifs is 1. The molecule has 12 heteroatoms. The number of pyridine rings is 1. The molecular formula is C23H21F3N6O2S. The molecule has 1 saturated heterocycles. The first-order valence-electron chi connectivity index (χ1n) is 10.8. The zero-order valence-corrected chi connectivity index (χ0v) is 19.5. The number of hydrogen-bond donors (Lipinski definition) is 1. The third-order valence-electron chi connectivity index (χ3n) is 5.99. The van der Waals surface area contributed by atoms with Gasteiger partial charge < -0.3 is 5.32 Å². The van der Waals surface area contributed by atoms with Crippen LogP contribution >= 0.6 is 0 Å². The number of aromatic nitrogens is 3. The van der Waals surface area contributed by atoms with Crippen molar-refractivity contribution in [2.75, 3.05) is 17.6 Å². The van der Waals surface area contributed by atoms with Crippen LogP contribution in [0.3, 0.4) is 0 Å². The number of benzene rings is 1. The van der Waals surface area contributed by atoms with Crippen LogP contribution in [-0.4, -0.2) is 31.9 Å². The van der Waals surface area contributed by atoms with Crippen molar-refractivity contribution in [2.45, 2.75) is 31.6 Å². The number of nitrogens with one attached hydrogen (secondary N) is 1. The minimum atomic E-state index is -2.90. The van der Waals surface area contributed by atoms with Crippen LogP contribution < -0.4 is 10.9 Å². The molecule has 1 aliphatic rings. The third kappa shape index (κ3) is 4.95. The van der Waals surface area contributed by atoms with E-state index >= 15 is 0 Å². The van der Waals surface area contributed by atoms with E-state index in [0.717, 1.165) is 6.07 Å². The fourth-order valence-electron chi connectivity index (χ4n) is 4.18. The van der Waals surface area contributed by atoms with Crippen LogP contribution in [0.4, 0.5) is 19.0 Å². The summed E-state index contributed by atoms with van der Waals surface area (Å²) in [5, 5.41) is 12.2. The van der Waals surface area contributed by atoms with Crippen LogP contribution in [0.15, 0.2) is 39.8 Å². The molecule has 182 valence electrons. The van der Waals surface area contributed by atoms with Gasteiger partial charge in [0, 0.05) is 31.3 Å². The van der Waals surface area contributed by atoms with Crippen molar-refractivity contribution >= 4 is 32.7 Å². The number of anilines is 1. The molecule has 1 aliphatic heterocycles. The van der Waals surface area contributed by atoms with Gasteiger partial charge in [0.15, 0.2) is 0 Å². The van der Waals surface area contributed by atoms with E-state index in [1.807, 2.05) is 0 Å². The second-order valence-electron chi connectivity index (χ2n) is 8.04. The minimum Gasteiger partial charge on any atom is -0.369 e. The van der Waals surface area contributed by atoms with E-state index in [-0.39, 0.29) is 41.5 Å². The summed E-state index contributed by atoms with van der Waals surface area (Å²) in [5.41, 5.74) is 0.0677. The van der Waals surface area contributed by atoms with Gasteiger partial charge in [-0.2, -0.15) is 5.26 Å². The number of nitrogens with zero attached hydrogens (tertiary/aromatic N) is 5. The summed E-state index contributed by atoms with van der Waals surface area (Å²) in [4.78, 5) is 33.9. The molecule has 0 saturated carbocycles. The van der Waals surface area contributed by atoms with Gasteiger partial charge in [-0.15, -0.1) is 4.36 Å². The highest BCUT2D eigenvalue weighted by Gasteiger charge is 2.28. The van der Waals surface area contributed by atoms with Crippen molar-refractivity contribution in [1.29, 1.82) is 5.26 Å². The maximum atomic E-state index is 14.3. The topological polar surface area (TPSA) is 113 Å². The molecule has 3 heterocycles. The largest absolute Gasteiger partial charge is 0.369 e. The molecular weight excluding hydrogens is 481 g/mol. The summed E-state index contributed by atoms with van der Waals surface area (Å²) in [7, 11) is 0.625. The van der Waals surface area contributed by atoms with E-state index in [0.29, 0.717) is 34.6 Å². The van der Waals surface area contributed by atoms with E-state index in [1.54, 1.807) is 19.3 Å². The van der Waals surface area contributed by atoms with E-state index in [1.165, 1.54) is 23.0 Å². The fraction of sp³-hybridized carbons (Fsp3) is 0.348. The Bertz CT molecular complexity index is 1430. The second-order valence-corrected chi connectivity index (χ2v) is 9.82. The van der Waals surface area contributed by atoms with Crippen LogP contribution in [0.5, 0.6) is 0 Å². The Labute approximate surface area is 200 Å². The van der Waals surface area contributed by atoms with Crippen LogP contribution in [0.2, 0.25) is 0 Å². The number of rotatable bonds is 6. The number of hydrogen-bond acceptors (Lipinski definition) is 7. The molecule has 1 aromatic carbocycles. The molecule has 2 unspecified atom stereocenters. The lowest BCUT2D eigenvalue weighted by Gasteiger charge is -2.23. The number of alkyl halides is 2. The summed E-state index contributed by atoms with van der Waals surface area (Å²) in [5.74, 6) is -0.426. The summed E-state index contributed by atoms with van der Waals surface area (Å²) in [6, 6.07) is 5.57. The summed E-state index contributed by atoms with van der Waals surface area (Å²) >= 11 is 0. The molecule has 2 aromatic heterocycles. The predicted octanol–water partition coefficient (Wildman–Crippen LogP) is 3.75. The molecule has 4 rings (SSSR count). The quantitative estimate of drug-likeness (QED) is 0.514. The van der Waals surface area contributed by atoms with Crippen molar-refractivity contribution in [2.24, 2.45) is 11.4 Å². The average Bonchev–Trinajstić information content (AvgIpc) is 2.84. The Kier molecular flexibility index (Phi) is 7.25. The molecule has 2 atom stereocenters. The van der Waals surface area contributed by atoms with Crippen LogP contribution in [0.25, 0.3) is 11.0 Å². The molecule has 35 heavy (non-hydrogen) atoms. The Morgan fingerprint density at radius 2 is 2.14 bits per heavy atom. The van der Waals surface area contributed by atoms with Gasteiger partial charge in [-0.25, -0.2) is 23.1 Å². The standard InChI is InChI=1S/C23H21F3N6O2S/c1-32-22-17(10-16(23(32)34)14-6-8-35(31-11-27)18(33)9-14)21(29-12-30-22)28-7-5-13-3-2-4-15(19(13)24)20(25)26/h2-4,10,12,14,20H,5-9H2,1H3,(H,28,29,30). The molecule has 3 aromatic rings. The van der Waals surface area contributed by atoms with Gasteiger partial charge in [0.2, 0.25) is 11.3 Å². The van der Waals surface area contributed by atoms with E-state index in [4.69, 9.17) is 5.26 Å². The first-order chi connectivity index (χ1) is 16.8. The highest BCUT2D eigenvalue weighted by molar-refractivity contribution is 8.02. The van der Waals surface area contributed by atoms with E-state index in [9.17, 15) is 22.8 Å². The predicted molar refractivity (Wildman–Crippen MR) is 126 cm³/mol. The summed E-state index contributed by atoms with van der Waals surface area (Å²) in [6.07, 6.45) is 0.869. The van der Waals surface area contributed by atoms with Gasteiger partial charge in [0.25, 0.3) is 12.0 Å². The van der Waals surface area contributed by atoms with Gasteiger partial charge in [0.1, 0.15) is 23.6 Å². The maximum absolute atomic E-state index is 14.3. The van der Waals surface area contributed by atoms with Gasteiger partial charge in [-0.05, 0) is 41.1 Å². The zero-order chi connectivity index (χ0) is 25.1. The molecule has 0 amide bonds. The molecule has 0 radical (unpaired) electrons. The Morgan fingerprint density at radius 3 is 2.86 bits per heavy atom. The second kappa shape index (κ2) is 10.4. The highest BCUT2D eigenvalue weighted by atomic mass is 32.2. The number of aryl methyl sites for hydroxylation is 1. The van der Waals surface area contributed by atoms with Crippen molar-refractivity contribution in [3.05, 3.63) is 63.5 Å². The minimum absolute atomic E-state index is 0.116. The highest BCUT2D eigenvalue weighted by Crippen LogP contribution is 2.30. The van der Waals surface area contributed by atoms with Crippen molar-refractivity contribution in [3.63, 3.8) is 0 Å². The molecule has 1 N–H and O–H groups in total. The Morgan fingerprint density at radius 1 is 1.34 bits per heavy atom. The fourth-order valence-corrected chi connectivity index (χ4v) is 5.60. The van der Waals surface area contributed by atoms with Gasteiger partial charge in [-0.1, -0.05) is 18.2 Å². The number of carbonyl (C=O) groups is 1. The van der Waals surface area contributed by atoms with Crippen LogP contribution in [0, 0.1) is 17.3 Å². The Balaban J connectivity index is 1.61. The smallest absolute Gasteiger partial charge is 0.266 e. The molecule has 1 fully saturated rings. The first kappa shape index (κ1) is 24.5. The molecule has 0 aliphatic carbocycles. The van der Waals surface area contributed by atoms with Crippen LogP contribution in [0.1, 0.15) is 41.9 Å². The monoisotopic (exact) mass is 502 g/mol. The number of halogens is 3. The zero-order valence-electron chi connectivity index (χ0n) is 18.7. The van der Waals surface area contributed by atoms with Crippen molar-refractivity contribution in [1.82, 2.24) is 14.5 Å². The van der Waals surface area contributed by atoms with Gasteiger partial charge in [-0.3, -0.25) is 14.2 Å². The van der Waals surface area contributed by atoms with Crippen LogP contribution in [-0.2, 0) is 29.0 Å². The molecule has 0 bridgehead atoms. The SMILES string of the molecule is Cn1c(=O)c(C2CCS(=NC#N)C(=O)C2)cc2c(NCCc3cccc(C(F)F)c3F)ncnc21. The number of nitriles is 1. The number of carbonyl (C=O) groups excluding carboxylic acids is 1. The van der Waals surface area contributed by atoms with Crippen molar-refractivity contribution in [3.8, 4) is 6.19 Å². The van der Waals surface area contributed by atoms with Crippen molar-refractivity contribution < 1.29 is 18.0 Å². The Hall–Kier alpha value is -3.59. The maximum Gasteiger partial charge on any atom is 0.266 e. The molecule has 8 nitrogen and oxygen atoms in total. The summed E-state index contributed by atoms with van der Waals surface area (Å²) < 4.78 is 45.4. The lowest BCUT2D eigenvalue weighted by molar-refractivity contribution is -0.111.